The first kappa shape index (κ1) is 27.9. The molecule has 0 saturated carbocycles. The summed E-state index contributed by atoms with van der Waals surface area (Å²) in [5.74, 6) is -2.03. The second kappa shape index (κ2) is 9.63. The van der Waals surface area contributed by atoms with Crippen molar-refractivity contribution in [2.75, 3.05) is 4.72 Å². The Bertz CT molecular complexity index is 1390. The molecule has 0 fully saturated rings. The molecule has 0 unspecified atom stereocenters. The molecule has 0 heterocycles. The molecular weight excluding hydrogens is 537 g/mol. The third-order valence-corrected chi connectivity index (χ3v) is 6.44. The Kier molecular flexibility index (Phi) is 7.25. The van der Waals surface area contributed by atoms with Gasteiger partial charge in [-0.25, -0.2) is 12.8 Å². The van der Waals surface area contributed by atoms with E-state index in [1.54, 1.807) is 0 Å². The molecule has 198 valence electrons. The van der Waals surface area contributed by atoms with Gasteiger partial charge in [-0.05, 0) is 29.3 Å². The van der Waals surface area contributed by atoms with Gasteiger partial charge in [-0.1, -0.05) is 36.4 Å². The summed E-state index contributed by atoms with van der Waals surface area (Å²) in [6.07, 6.45) is -12.3. The summed E-state index contributed by atoms with van der Waals surface area (Å²) in [6.45, 7) is 0. The molecular formula is C22H15F7N2O5S. The summed E-state index contributed by atoms with van der Waals surface area (Å²) < 4.78 is 120. The molecule has 0 radical (unpaired) electrons. The van der Waals surface area contributed by atoms with Crippen molar-refractivity contribution < 1.29 is 49.2 Å². The van der Waals surface area contributed by atoms with E-state index >= 15 is 0 Å². The highest BCUT2D eigenvalue weighted by atomic mass is 32.2. The Morgan fingerprint density at radius 1 is 0.865 bits per heavy atom. The first-order chi connectivity index (χ1) is 16.9. The van der Waals surface area contributed by atoms with Crippen LogP contribution in [-0.2, 0) is 21.4 Å². The number of anilines is 1. The summed E-state index contributed by atoms with van der Waals surface area (Å²) in [7, 11) is -3.99. The maximum Gasteiger partial charge on any atom is 0.430 e. The first-order valence-electron chi connectivity index (χ1n) is 9.95. The largest absolute Gasteiger partial charge is 0.430 e. The monoisotopic (exact) mass is 552 g/mol. The van der Waals surface area contributed by atoms with Crippen LogP contribution in [0.2, 0.25) is 0 Å². The summed E-state index contributed by atoms with van der Waals surface area (Å²) in [6, 6.07) is 10.3. The Hall–Kier alpha value is -3.72. The van der Waals surface area contributed by atoms with Crippen LogP contribution in [0.25, 0.3) is 11.1 Å². The average molecular weight is 552 g/mol. The number of hydrogen-bond donors (Lipinski definition) is 2. The van der Waals surface area contributed by atoms with Gasteiger partial charge in [0.15, 0.2) is 0 Å². The van der Waals surface area contributed by atoms with E-state index in [4.69, 9.17) is 0 Å². The lowest BCUT2D eigenvalue weighted by atomic mass is 9.90. The molecule has 3 aromatic rings. The molecule has 2 N–H and O–H groups in total. The Morgan fingerprint density at radius 3 is 1.86 bits per heavy atom. The third-order valence-electron chi connectivity index (χ3n) is 5.18. The van der Waals surface area contributed by atoms with Crippen LogP contribution in [-0.4, -0.2) is 30.8 Å². The van der Waals surface area contributed by atoms with E-state index in [2.05, 4.69) is 4.72 Å². The highest BCUT2D eigenvalue weighted by Crippen LogP contribution is 2.50. The summed E-state index contributed by atoms with van der Waals surface area (Å²) in [5, 5.41) is 20.1. The second-order valence-corrected chi connectivity index (χ2v) is 9.48. The van der Waals surface area contributed by atoms with Crippen LogP contribution in [0.1, 0.15) is 11.1 Å². The molecule has 0 aliphatic rings. The standard InChI is InChI=1S/C22H15F7N2O5S/c23-19-11-15(20(32,21(24,25)26)22(27,28)29)5-10-18(19)14-3-6-16(7-4-14)30-37(35,36)12-13-1-8-17(9-2-13)31(33)34/h1-11,30,32H,12H2. The number of rotatable bonds is 7. The molecule has 0 aromatic heterocycles. The van der Waals surface area contributed by atoms with Crippen molar-refractivity contribution in [3.05, 3.63) is 93.8 Å². The van der Waals surface area contributed by atoms with Crippen LogP contribution in [0.15, 0.2) is 66.7 Å². The molecule has 0 aliphatic heterocycles. The molecule has 0 atom stereocenters. The Morgan fingerprint density at radius 2 is 1.41 bits per heavy atom. The van der Waals surface area contributed by atoms with Crippen molar-refractivity contribution >= 4 is 21.4 Å². The minimum Gasteiger partial charge on any atom is -0.369 e. The summed E-state index contributed by atoms with van der Waals surface area (Å²) in [5.41, 5.74) is -7.44. The van der Waals surface area contributed by atoms with Crippen molar-refractivity contribution in [2.45, 2.75) is 23.7 Å². The van der Waals surface area contributed by atoms with E-state index in [9.17, 15) is 54.4 Å². The van der Waals surface area contributed by atoms with Gasteiger partial charge in [0.2, 0.25) is 10.0 Å². The first-order valence-corrected chi connectivity index (χ1v) is 11.6. The van der Waals surface area contributed by atoms with E-state index in [1.807, 2.05) is 0 Å². The van der Waals surface area contributed by atoms with Gasteiger partial charge in [0.25, 0.3) is 11.3 Å². The number of alkyl halides is 6. The molecule has 0 bridgehead atoms. The Balaban J connectivity index is 1.81. The topological polar surface area (TPSA) is 110 Å². The van der Waals surface area contributed by atoms with Crippen LogP contribution >= 0.6 is 0 Å². The summed E-state index contributed by atoms with van der Waals surface area (Å²) >= 11 is 0. The molecule has 0 spiro atoms. The van der Waals surface area contributed by atoms with E-state index in [0.717, 1.165) is 12.1 Å². The zero-order chi connectivity index (χ0) is 27.8. The predicted octanol–water partition coefficient (Wildman–Crippen LogP) is 5.66. The van der Waals surface area contributed by atoms with Gasteiger partial charge in [0.05, 0.1) is 10.7 Å². The minimum atomic E-state index is -6.17. The van der Waals surface area contributed by atoms with E-state index in [-0.39, 0.29) is 28.6 Å². The highest BCUT2D eigenvalue weighted by Gasteiger charge is 2.71. The molecule has 3 aromatic carbocycles. The number of halogens is 7. The predicted molar refractivity (Wildman–Crippen MR) is 117 cm³/mol. The molecule has 3 rings (SSSR count). The zero-order valence-electron chi connectivity index (χ0n) is 18.1. The Labute approximate surface area is 204 Å². The van der Waals surface area contributed by atoms with Crippen LogP contribution in [0, 0.1) is 15.9 Å². The maximum atomic E-state index is 14.5. The molecule has 7 nitrogen and oxygen atoms in total. The van der Waals surface area contributed by atoms with Crippen LogP contribution < -0.4 is 4.72 Å². The smallest absolute Gasteiger partial charge is 0.369 e. The van der Waals surface area contributed by atoms with E-state index < -0.39 is 55.6 Å². The zero-order valence-corrected chi connectivity index (χ0v) is 19.0. The van der Waals surface area contributed by atoms with Gasteiger partial charge in [-0.15, -0.1) is 0 Å². The number of non-ortho nitro benzene ring substituents is 1. The number of hydrogen-bond acceptors (Lipinski definition) is 5. The average Bonchev–Trinajstić information content (AvgIpc) is 2.77. The van der Waals surface area contributed by atoms with Crippen LogP contribution in [0.3, 0.4) is 0 Å². The number of nitrogens with one attached hydrogen (secondary N) is 1. The molecule has 0 amide bonds. The van der Waals surface area contributed by atoms with Crippen molar-refractivity contribution in [3.63, 3.8) is 0 Å². The van der Waals surface area contributed by atoms with Gasteiger partial charge >= 0.3 is 12.4 Å². The molecule has 0 aliphatic carbocycles. The lowest BCUT2D eigenvalue weighted by Crippen LogP contribution is -2.53. The molecule has 15 heteroatoms. The lowest BCUT2D eigenvalue weighted by molar-refractivity contribution is -0.384. The number of nitro groups is 1. The maximum absolute atomic E-state index is 14.5. The van der Waals surface area contributed by atoms with E-state index in [0.29, 0.717) is 12.1 Å². The van der Waals surface area contributed by atoms with Gasteiger partial charge in [-0.3, -0.25) is 14.8 Å². The highest BCUT2D eigenvalue weighted by molar-refractivity contribution is 7.91. The van der Waals surface area contributed by atoms with Gasteiger partial charge in [0.1, 0.15) is 5.82 Å². The number of aliphatic hydroxyl groups is 1. The normalized spacial score (nSPS) is 12.9. The van der Waals surface area contributed by atoms with Crippen LogP contribution in [0.5, 0.6) is 0 Å². The van der Waals surface area contributed by atoms with Gasteiger partial charge in [-0.2, -0.15) is 26.3 Å². The lowest BCUT2D eigenvalue weighted by Gasteiger charge is -2.32. The van der Waals surface area contributed by atoms with E-state index in [1.165, 1.54) is 36.4 Å². The fraction of sp³-hybridized carbons (Fsp3) is 0.182. The fourth-order valence-electron chi connectivity index (χ4n) is 3.33. The van der Waals surface area contributed by atoms with Crippen molar-refractivity contribution in [1.29, 1.82) is 0 Å². The van der Waals surface area contributed by atoms with Crippen molar-refractivity contribution in [3.8, 4) is 11.1 Å². The van der Waals surface area contributed by atoms with Crippen molar-refractivity contribution in [2.24, 2.45) is 0 Å². The number of nitro benzene ring substituents is 1. The summed E-state index contributed by atoms with van der Waals surface area (Å²) in [4.78, 5) is 10.0. The van der Waals surface area contributed by atoms with Crippen LogP contribution in [0.4, 0.5) is 42.1 Å². The van der Waals surface area contributed by atoms with Crippen molar-refractivity contribution in [1.82, 2.24) is 0 Å². The third kappa shape index (κ3) is 5.83. The molecule has 37 heavy (non-hydrogen) atoms. The second-order valence-electron chi connectivity index (χ2n) is 7.76. The van der Waals surface area contributed by atoms with Gasteiger partial charge in [0, 0.05) is 28.9 Å². The number of benzene rings is 3. The minimum absolute atomic E-state index is 0.00575. The fourth-order valence-corrected chi connectivity index (χ4v) is 4.53. The quantitative estimate of drug-likeness (QED) is 0.224. The number of sulfonamides is 1. The SMILES string of the molecule is O=[N+]([O-])c1ccc(CS(=O)(=O)Nc2ccc(-c3ccc(C(O)(C(F)(F)F)C(F)(F)F)cc3F)cc2)cc1. The molecule has 0 saturated heterocycles. The van der Waals surface area contributed by atoms with Gasteiger partial charge < -0.3 is 5.11 Å². The number of nitrogens with zero attached hydrogens (tertiary/aromatic N) is 1.